The van der Waals surface area contributed by atoms with Gasteiger partial charge in [0.25, 0.3) is 0 Å². The second-order valence-corrected chi connectivity index (χ2v) is 5.20. The molecule has 1 aliphatic rings. The summed E-state index contributed by atoms with van der Waals surface area (Å²) in [5.41, 5.74) is 3.63. The van der Waals surface area contributed by atoms with E-state index in [1.807, 2.05) is 12.4 Å². The van der Waals surface area contributed by atoms with Crippen LogP contribution in [0.3, 0.4) is 0 Å². The summed E-state index contributed by atoms with van der Waals surface area (Å²) in [5, 5.41) is 3.26. The molecule has 1 aromatic heterocycles. The molecule has 1 unspecified atom stereocenters. The van der Waals surface area contributed by atoms with Crippen LogP contribution in [0.25, 0.3) is 0 Å². The molecule has 0 bridgehead atoms. The molecule has 0 saturated carbocycles. The van der Waals surface area contributed by atoms with Crippen LogP contribution in [0, 0.1) is 0 Å². The van der Waals surface area contributed by atoms with Crippen LogP contribution in [0.5, 0.6) is 0 Å². The van der Waals surface area contributed by atoms with Crippen molar-refractivity contribution >= 4 is 11.5 Å². The first-order valence-electron chi connectivity index (χ1n) is 7.18. The van der Waals surface area contributed by atoms with Crippen LogP contribution in [-0.4, -0.2) is 22.6 Å². The normalized spacial score (nSPS) is 17.3. The van der Waals surface area contributed by atoms with E-state index in [-0.39, 0.29) is 0 Å². The second-order valence-electron chi connectivity index (χ2n) is 5.20. The predicted molar refractivity (Wildman–Crippen MR) is 81.2 cm³/mol. The molecule has 1 N–H and O–H groups in total. The van der Waals surface area contributed by atoms with Crippen LogP contribution >= 0.6 is 0 Å². The first-order valence-corrected chi connectivity index (χ1v) is 7.18. The zero-order chi connectivity index (χ0) is 13.9. The van der Waals surface area contributed by atoms with E-state index in [0.29, 0.717) is 6.04 Å². The number of anilines is 2. The highest BCUT2D eigenvalue weighted by Crippen LogP contribution is 2.36. The number of hydrogen-bond donors (Lipinski definition) is 1. The molecule has 1 atom stereocenters. The minimum atomic E-state index is 0.432. The molecule has 0 amide bonds. The number of fused-ring (bicyclic) bond motifs is 1. The predicted octanol–water partition coefficient (Wildman–Crippen LogP) is 2.67. The standard InChI is InChI=1S/C16H20N4/c1-3-17-9-14-10-19-16(11-18-14)20-12(2)8-13-6-4-5-7-15(13)20/h4-7,10-12,17H,3,8-9H2,1-2H3. The maximum absolute atomic E-state index is 4.59. The molecule has 0 saturated heterocycles. The second kappa shape index (κ2) is 5.59. The highest BCUT2D eigenvalue weighted by atomic mass is 15.2. The van der Waals surface area contributed by atoms with Crippen molar-refractivity contribution in [3.63, 3.8) is 0 Å². The molecular weight excluding hydrogens is 248 g/mol. The van der Waals surface area contributed by atoms with E-state index in [4.69, 9.17) is 0 Å². The zero-order valence-corrected chi connectivity index (χ0v) is 12.0. The lowest BCUT2D eigenvalue weighted by molar-refractivity contribution is 0.703. The molecular formula is C16H20N4. The van der Waals surface area contributed by atoms with Gasteiger partial charge in [-0.3, -0.25) is 4.98 Å². The molecule has 1 aromatic carbocycles. The van der Waals surface area contributed by atoms with Crippen LogP contribution in [0.1, 0.15) is 25.1 Å². The Balaban J connectivity index is 1.86. The van der Waals surface area contributed by atoms with E-state index in [2.05, 4.69) is 58.3 Å². The summed E-state index contributed by atoms with van der Waals surface area (Å²) in [6, 6.07) is 8.96. The number of hydrogen-bond acceptors (Lipinski definition) is 4. The van der Waals surface area contributed by atoms with Crippen molar-refractivity contribution in [2.75, 3.05) is 11.4 Å². The molecule has 2 heterocycles. The third kappa shape index (κ3) is 2.39. The Hall–Kier alpha value is -1.94. The van der Waals surface area contributed by atoms with Crippen LogP contribution in [0.2, 0.25) is 0 Å². The molecule has 2 aromatic rings. The Morgan fingerprint density at radius 2 is 2.10 bits per heavy atom. The van der Waals surface area contributed by atoms with Crippen molar-refractivity contribution in [3.05, 3.63) is 47.9 Å². The summed E-state index contributed by atoms with van der Waals surface area (Å²) in [5.74, 6) is 0.933. The zero-order valence-electron chi connectivity index (χ0n) is 12.0. The minimum Gasteiger partial charge on any atom is -0.322 e. The third-order valence-corrected chi connectivity index (χ3v) is 3.70. The summed E-state index contributed by atoms with van der Waals surface area (Å²) in [4.78, 5) is 11.4. The van der Waals surface area contributed by atoms with Gasteiger partial charge in [-0.15, -0.1) is 0 Å². The lowest BCUT2D eigenvalue weighted by atomic mass is 10.1. The summed E-state index contributed by atoms with van der Waals surface area (Å²) >= 11 is 0. The fourth-order valence-electron chi connectivity index (χ4n) is 2.73. The van der Waals surface area contributed by atoms with Crippen LogP contribution in [0.4, 0.5) is 11.5 Å². The Kier molecular flexibility index (Phi) is 3.65. The van der Waals surface area contributed by atoms with Gasteiger partial charge in [0.15, 0.2) is 5.82 Å². The average Bonchev–Trinajstić information content (AvgIpc) is 2.81. The molecule has 0 spiro atoms. The number of nitrogens with zero attached hydrogens (tertiary/aromatic N) is 3. The molecule has 4 nitrogen and oxygen atoms in total. The lowest BCUT2D eigenvalue weighted by Gasteiger charge is -2.23. The van der Waals surface area contributed by atoms with Crippen LogP contribution < -0.4 is 10.2 Å². The molecule has 1 aliphatic heterocycles. The number of rotatable bonds is 4. The number of aromatic nitrogens is 2. The summed E-state index contributed by atoms with van der Waals surface area (Å²) < 4.78 is 0. The van der Waals surface area contributed by atoms with Gasteiger partial charge in [0, 0.05) is 18.3 Å². The highest BCUT2D eigenvalue weighted by Gasteiger charge is 2.27. The van der Waals surface area contributed by atoms with Gasteiger partial charge in [0.1, 0.15) is 0 Å². The maximum Gasteiger partial charge on any atom is 0.151 e. The van der Waals surface area contributed by atoms with Gasteiger partial charge in [-0.1, -0.05) is 25.1 Å². The van der Waals surface area contributed by atoms with Gasteiger partial charge in [-0.2, -0.15) is 0 Å². The Morgan fingerprint density at radius 1 is 1.25 bits per heavy atom. The summed E-state index contributed by atoms with van der Waals surface area (Å²) in [6.45, 7) is 6.04. The van der Waals surface area contributed by atoms with E-state index in [9.17, 15) is 0 Å². The van der Waals surface area contributed by atoms with Crippen molar-refractivity contribution in [1.29, 1.82) is 0 Å². The molecule has 0 aliphatic carbocycles. The minimum absolute atomic E-state index is 0.432. The smallest absolute Gasteiger partial charge is 0.151 e. The maximum atomic E-state index is 4.59. The Labute approximate surface area is 119 Å². The molecule has 4 heteroatoms. The van der Waals surface area contributed by atoms with E-state index in [1.165, 1.54) is 11.3 Å². The van der Waals surface area contributed by atoms with Crippen molar-refractivity contribution in [3.8, 4) is 0 Å². The van der Waals surface area contributed by atoms with Gasteiger partial charge in [0.2, 0.25) is 0 Å². The van der Waals surface area contributed by atoms with E-state index in [0.717, 1.165) is 31.0 Å². The van der Waals surface area contributed by atoms with Crippen molar-refractivity contribution in [2.24, 2.45) is 0 Å². The van der Waals surface area contributed by atoms with Crippen LogP contribution in [-0.2, 0) is 13.0 Å². The summed E-state index contributed by atoms with van der Waals surface area (Å²) in [6.07, 6.45) is 4.81. The Morgan fingerprint density at radius 3 is 2.85 bits per heavy atom. The van der Waals surface area contributed by atoms with Gasteiger partial charge in [-0.05, 0) is 31.5 Å². The number of nitrogens with one attached hydrogen (secondary N) is 1. The number of benzene rings is 1. The van der Waals surface area contributed by atoms with Gasteiger partial charge < -0.3 is 10.2 Å². The first-order chi connectivity index (χ1) is 9.79. The molecule has 0 fully saturated rings. The van der Waals surface area contributed by atoms with Crippen molar-refractivity contribution in [2.45, 2.75) is 32.9 Å². The number of para-hydroxylation sites is 1. The Bertz CT molecular complexity index is 579. The largest absolute Gasteiger partial charge is 0.322 e. The molecule has 3 rings (SSSR count). The van der Waals surface area contributed by atoms with E-state index >= 15 is 0 Å². The monoisotopic (exact) mass is 268 g/mol. The summed E-state index contributed by atoms with van der Waals surface area (Å²) in [7, 11) is 0. The van der Waals surface area contributed by atoms with Crippen molar-refractivity contribution < 1.29 is 0 Å². The van der Waals surface area contributed by atoms with E-state index < -0.39 is 0 Å². The van der Waals surface area contributed by atoms with Gasteiger partial charge in [0.05, 0.1) is 18.1 Å². The average molecular weight is 268 g/mol. The quantitative estimate of drug-likeness (QED) is 0.925. The SMILES string of the molecule is CCNCc1cnc(N2c3ccccc3CC2C)cn1. The molecule has 0 radical (unpaired) electrons. The van der Waals surface area contributed by atoms with E-state index in [1.54, 1.807) is 0 Å². The third-order valence-electron chi connectivity index (χ3n) is 3.70. The van der Waals surface area contributed by atoms with Crippen LogP contribution in [0.15, 0.2) is 36.7 Å². The lowest BCUT2D eigenvalue weighted by Crippen LogP contribution is -2.25. The fraction of sp³-hybridized carbons (Fsp3) is 0.375. The fourth-order valence-corrected chi connectivity index (χ4v) is 2.73. The molecule has 104 valence electrons. The topological polar surface area (TPSA) is 41.1 Å². The highest BCUT2D eigenvalue weighted by molar-refractivity contribution is 5.68. The van der Waals surface area contributed by atoms with Crippen molar-refractivity contribution in [1.82, 2.24) is 15.3 Å². The first kappa shape index (κ1) is 13.1. The molecule has 20 heavy (non-hydrogen) atoms. The van der Waals surface area contributed by atoms with Gasteiger partial charge in [-0.25, -0.2) is 4.98 Å². The van der Waals surface area contributed by atoms with Gasteiger partial charge >= 0.3 is 0 Å².